The first-order valence-corrected chi connectivity index (χ1v) is 8.26. The molecule has 2 aromatic rings. The minimum absolute atomic E-state index is 0.0571. The van der Waals surface area contributed by atoms with Gasteiger partial charge in [0.15, 0.2) is 5.69 Å². The highest BCUT2D eigenvalue weighted by Crippen LogP contribution is 2.53. The second kappa shape index (κ2) is 5.87. The molecular formula is C17H18N4O4. The van der Waals surface area contributed by atoms with Crippen LogP contribution in [0, 0.1) is 0 Å². The van der Waals surface area contributed by atoms with E-state index in [1.54, 1.807) is 4.90 Å². The van der Waals surface area contributed by atoms with Crippen LogP contribution in [0.2, 0.25) is 0 Å². The Kier molecular flexibility index (Phi) is 3.67. The van der Waals surface area contributed by atoms with Crippen molar-refractivity contribution < 1.29 is 19.4 Å². The van der Waals surface area contributed by atoms with Crippen molar-refractivity contribution in [3.8, 4) is 0 Å². The van der Waals surface area contributed by atoms with Crippen LogP contribution in [-0.4, -0.2) is 43.5 Å². The van der Waals surface area contributed by atoms with Gasteiger partial charge in [-0.1, -0.05) is 30.3 Å². The Morgan fingerprint density at radius 2 is 1.96 bits per heavy atom. The summed E-state index contributed by atoms with van der Waals surface area (Å²) in [5.41, 5.74) is 0.378. The summed E-state index contributed by atoms with van der Waals surface area (Å²) in [5, 5.41) is 19.6. The summed E-state index contributed by atoms with van der Waals surface area (Å²) in [6.45, 7) is 0.184. The number of carboxylic acids is 1. The van der Waals surface area contributed by atoms with Gasteiger partial charge in [-0.15, -0.1) is 5.10 Å². The highest BCUT2D eigenvalue weighted by atomic mass is 16.6. The minimum atomic E-state index is -1.15. The number of ether oxygens (including phenoxy) is 1. The van der Waals surface area contributed by atoms with E-state index in [1.165, 1.54) is 0 Å². The number of amides is 1. The molecule has 0 spiro atoms. The van der Waals surface area contributed by atoms with Crippen LogP contribution < -0.4 is 0 Å². The van der Waals surface area contributed by atoms with Gasteiger partial charge in [-0.2, -0.15) is 10.3 Å². The van der Waals surface area contributed by atoms with E-state index in [-0.39, 0.29) is 18.3 Å². The summed E-state index contributed by atoms with van der Waals surface area (Å²) < 4.78 is 5.50. The van der Waals surface area contributed by atoms with E-state index in [2.05, 4.69) is 15.4 Å². The van der Waals surface area contributed by atoms with Gasteiger partial charge in [-0.05, 0) is 31.2 Å². The molecule has 2 fully saturated rings. The highest BCUT2D eigenvalue weighted by molar-refractivity contribution is 5.87. The Labute approximate surface area is 143 Å². The number of aromatic amines is 1. The number of carbonyl (C=O) groups excluding carboxylic acids is 1. The Morgan fingerprint density at radius 3 is 2.64 bits per heavy atom. The largest absolute Gasteiger partial charge is 0.476 e. The second-order valence-electron chi connectivity index (χ2n) is 6.50. The summed E-state index contributed by atoms with van der Waals surface area (Å²) in [5.74, 6) is -1.15. The quantitative estimate of drug-likeness (QED) is 0.882. The average Bonchev–Trinajstić information content (AvgIpc) is 3.33. The normalized spacial score (nSPS) is 24.5. The van der Waals surface area contributed by atoms with Crippen LogP contribution in [0.3, 0.4) is 0 Å². The van der Waals surface area contributed by atoms with E-state index < -0.39 is 17.6 Å². The number of carbonyl (C=O) groups is 2. The molecular weight excluding hydrogens is 324 g/mol. The zero-order chi connectivity index (χ0) is 17.4. The second-order valence-corrected chi connectivity index (χ2v) is 6.50. The number of fused-ring (bicyclic) bond motifs is 2. The molecule has 1 aromatic carbocycles. The Hall–Kier alpha value is -2.90. The number of aromatic carboxylic acids is 1. The zero-order valence-electron chi connectivity index (χ0n) is 13.5. The number of H-pyrrole nitrogens is 1. The summed E-state index contributed by atoms with van der Waals surface area (Å²) in [7, 11) is 0. The van der Waals surface area contributed by atoms with Crippen LogP contribution >= 0.6 is 0 Å². The molecule has 1 aromatic heterocycles. The summed E-state index contributed by atoms with van der Waals surface area (Å²) in [6, 6.07) is 9.52. The number of hydrogen-bond acceptors (Lipinski definition) is 5. The van der Waals surface area contributed by atoms with Gasteiger partial charge in [0, 0.05) is 6.04 Å². The Bertz CT molecular complexity index is 796. The lowest BCUT2D eigenvalue weighted by Crippen LogP contribution is -2.44. The number of aromatic nitrogens is 3. The van der Waals surface area contributed by atoms with E-state index >= 15 is 0 Å². The third-order valence-electron chi connectivity index (χ3n) is 5.20. The van der Waals surface area contributed by atoms with Gasteiger partial charge in [0.05, 0.1) is 5.54 Å². The van der Waals surface area contributed by atoms with Crippen molar-refractivity contribution in [1.29, 1.82) is 0 Å². The van der Waals surface area contributed by atoms with Gasteiger partial charge >= 0.3 is 12.1 Å². The SMILES string of the molecule is O=C(O)c1n[nH]nc1C12CCC(CC1)N2C(=O)OCc1ccccc1. The molecule has 0 radical (unpaired) electrons. The Morgan fingerprint density at radius 1 is 1.24 bits per heavy atom. The van der Waals surface area contributed by atoms with Crippen molar-refractivity contribution >= 4 is 12.1 Å². The number of carboxylic acid groups (broad SMARTS) is 1. The van der Waals surface area contributed by atoms with Gasteiger partial charge in [0.1, 0.15) is 12.3 Å². The molecule has 2 saturated heterocycles. The van der Waals surface area contributed by atoms with Crippen LogP contribution in [0.4, 0.5) is 4.79 Å². The molecule has 130 valence electrons. The fourth-order valence-corrected chi connectivity index (χ4v) is 4.10. The molecule has 3 heterocycles. The van der Waals surface area contributed by atoms with E-state index in [9.17, 15) is 14.7 Å². The van der Waals surface area contributed by atoms with Gasteiger partial charge in [-0.25, -0.2) is 9.59 Å². The fraction of sp³-hybridized carbons (Fsp3) is 0.412. The summed E-state index contributed by atoms with van der Waals surface area (Å²) in [6.07, 6.45) is 2.54. The molecule has 0 aliphatic carbocycles. The van der Waals surface area contributed by atoms with Gasteiger partial charge in [0.25, 0.3) is 0 Å². The lowest BCUT2D eigenvalue weighted by molar-refractivity contribution is 0.0617. The lowest BCUT2D eigenvalue weighted by Gasteiger charge is -2.32. The molecule has 0 saturated carbocycles. The third-order valence-corrected chi connectivity index (χ3v) is 5.20. The van der Waals surface area contributed by atoms with Crippen molar-refractivity contribution in [3.63, 3.8) is 0 Å². The van der Waals surface area contributed by atoms with Gasteiger partial charge in [0.2, 0.25) is 0 Å². The molecule has 1 amide bonds. The van der Waals surface area contributed by atoms with Crippen molar-refractivity contribution in [2.24, 2.45) is 0 Å². The molecule has 2 aliphatic rings. The molecule has 0 unspecified atom stereocenters. The first kappa shape index (κ1) is 15.6. The van der Waals surface area contributed by atoms with Crippen LogP contribution in [-0.2, 0) is 16.9 Å². The van der Waals surface area contributed by atoms with Crippen molar-refractivity contribution in [3.05, 3.63) is 47.3 Å². The number of hydrogen-bond donors (Lipinski definition) is 2. The zero-order valence-corrected chi connectivity index (χ0v) is 13.5. The summed E-state index contributed by atoms with van der Waals surface area (Å²) >= 11 is 0. The standard InChI is InChI=1S/C17H18N4O4/c22-15(23)13-14(19-20-18-13)17-8-6-12(7-9-17)21(17)16(24)25-10-11-4-2-1-3-5-11/h1-5,12H,6-10H2,(H,22,23)(H,18,19,20). The maximum absolute atomic E-state index is 12.8. The molecule has 2 bridgehead atoms. The van der Waals surface area contributed by atoms with Gasteiger partial charge < -0.3 is 9.84 Å². The maximum Gasteiger partial charge on any atom is 0.411 e. The maximum atomic E-state index is 12.8. The predicted octanol–water partition coefficient (Wildman–Crippen LogP) is 2.29. The van der Waals surface area contributed by atoms with Crippen molar-refractivity contribution in [2.75, 3.05) is 0 Å². The monoisotopic (exact) mass is 342 g/mol. The van der Waals surface area contributed by atoms with Crippen LogP contribution in [0.5, 0.6) is 0 Å². The first-order chi connectivity index (χ1) is 12.1. The average molecular weight is 342 g/mol. The fourth-order valence-electron chi connectivity index (χ4n) is 4.10. The van der Waals surface area contributed by atoms with E-state index in [1.807, 2.05) is 30.3 Å². The number of benzene rings is 1. The Balaban J connectivity index is 1.59. The molecule has 2 aliphatic heterocycles. The van der Waals surface area contributed by atoms with Crippen LogP contribution in [0.1, 0.15) is 47.4 Å². The minimum Gasteiger partial charge on any atom is -0.476 e. The third kappa shape index (κ3) is 2.45. The van der Waals surface area contributed by atoms with E-state index in [4.69, 9.17) is 4.74 Å². The topological polar surface area (TPSA) is 108 Å². The number of nitrogens with zero attached hydrogens (tertiary/aromatic N) is 3. The molecule has 2 N–H and O–H groups in total. The van der Waals surface area contributed by atoms with E-state index in [0.717, 1.165) is 18.4 Å². The first-order valence-electron chi connectivity index (χ1n) is 8.26. The molecule has 4 rings (SSSR count). The number of rotatable bonds is 4. The highest BCUT2D eigenvalue weighted by Gasteiger charge is 2.58. The van der Waals surface area contributed by atoms with Crippen LogP contribution in [0.15, 0.2) is 30.3 Å². The molecule has 25 heavy (non-hydrogen) atoms. The van der Waals surface area contributed by atoms with Crippen molar-refractivity contribution in [1.82, 2.24) is 20.3 Å². The predicted molar refractivity (Wildman–Crippen MR) is 85.7 cm³/mol. The lowest BCUT2D eigenvalue weighted by atomic mass is 9.84. The number of nitrogens with one attached hydrogen (secondary N) is 1. The summed E-state index contributed by atoms with van der Waals surface area (Å²) in [4.78, 5) is 25.9. The van der Waals surface area contributed by atoms with Crippen molar-refractivity contribution in [2.45, 2.75) is 43.9 Å². The molecule has 8 heteroatoms. The van der Waals surface area contributed by atoms with Gasteiger partial charge in [-0.3, -0.25) is 4.90 Å². The van der Waals surface area contributed by atoms with E-state index in [0.29, 0.717) is 18.5 Å². The molecule has 8 nitrogen and oxygen atoms in total. The van der Waals surface area contributed by atoms with Crippen LogP contribution in [0.25, 0.3) is 0 Å². The molecule has 0 atom stereocenters. The smallest absolute Gasteiger partial charge is 0.411 e.